The second-order valence-corrected chi connectivity index (χ2v) is 7.53. The van der Waals surface area contributed by atoms with Crippen LogP contribution in [0, 0.1) is 6.57 Å². The molecule has 1 atom stereocenters. The maximum absolute atomic E-state index is 13.1. The summed E-state index contributed by atoms with van der Waals surface area (Å²) in [5, 5.41) is 13.8. The van der Waals surface area contributed by atoms with Crippen molar-refractivity contribution in [2.24, 2.45) is 0 Å². The lowest BCUT2D eigenvalue weighted by Gasteiger charge is -2.17. The number of aryl methyl sites for hydroxylation is 1. The molecule has 6 heteroatoms. The van der Waals surface area contributed by atoms with Crippen LogP contribution in [0.5, 0.6) is 0 Å². The van der Waals surface area contributed by atoms with Crippen LogP contribution in [0.15, 0.2) is 60.7 Å². The van der Waals surface area contributed by atoms with Gasteiger partial charge in [0, 0.05) is 12.1 Å². The topological polar surface area (TPSA) is 80.0 Å². The first-order chi connectivity index (χ1) is 15.5. The number of ether oxygens (including phenoxy) is 1. The van der Waals surface area contributed by atoms with Crippen molar-refractivity contribution in [1.29, 1.82) is 0 Å². The van der Waals surface area contributed by atoms with Crippen LogP contribution in [-0.4, -0.2) is 30.2 Å². The molecular weight excluding hydrogens is 404 g/mol. The summed E-state index contributed by atoms with van der Waals surface area (Å²) in [5.74, 6) is -0.918. The molecule has 0 radical (unpaired) electrons. The van der Waals surface area contributed by atoms with E-state index in [9.17, 15) is 9.59 Å². The van der Waals surface area contributed by atoms with Gasteiger partial charge in [-0.25, -0.2) is 4.85 Å². The first kappa shape index (κ1) is 23.0. The molecule has 0 aliphatic heterocycles. The predicted octanol–water partition coefficient (Wildman–Crippen LogP) is 4.99. The van der Waals surface area contributed by atoms with Crippen LogP contribution in [0.1, 0.15) is 36.8 Å². The zero-order valence-corrected chi connectivity index (χ0v) is 18.0. The number of aliphatic hydroxyl groups is 1. The molecule has 1 unspecified atom stereocenters. The van der Waals surface area contributed by atoms with E-state index in [1.54, 1.807) is 12.1 Å². The average molecular weight is 431 g/mol. The summed E-state index contributed by atoms with van der Waals surface area (Å²) in [4.78, 5) is 28.3. The van der Waals surface area contributed by atoms with E-state index in [2.05, 4.69) is 10.2 Å². The van der Waals surface area contributed by atoms with E-state index < -0.39 is 0 Å². The third-order valence-electron chi connectivity index (χ3n) is 5.34. The largest absolute Gasteiger partial charge is 0.463 e. The maximum atomic E-state index is 13.1. The summed E-state index contributed by atoms with van der Waals surface area (Å²) < 4.78 is 4.88. The van der Waals surface area contributed by atoms with Crippen LogP contribution in [0.3, 0.4) is 0 Å². The van der Waals surface area contributed by atoms with Crippen LogP contribution < -0.4 is 5.32 Å². The van der Waals surface area contributed by atoms with Crippen molar-refractivity contribution in [3.8, 4) is 0 Å². The molecule has 164 valence electrons. The van der Waals surface area contributed by atoms with Gasteiger partial charge in [-0.1, -0.05) is 54.6 Å². The minimum atomic E-state index is -0.390. The molecule has 0 spiro atoms. The van der Waals surface area contributed by atoms with Gasteiger partial charge in [-0.15, -0.1) is 0 Å². The number of benzene rings is 3. The van der Waals surface area contributed by atoms with Gasteiger partial charge in [0.25, 0.3) is 0 Å². The molecule has 3 aromatic carbocycles. The van der Waals surface area contributed by atoms with Gasteiger partial charge >= 0.3 is 5.97 Å². The molecule has 32 heavy (non-hydrogen) atoms. The smallest absolute Gasteiger partial charge is 0.305 e. The molecule has 0 bridgehead atoms. The second-order valence-electron chi connectivity index (χ2n) is 7.53. The van der Waals surface area contributed by atoms with Crippen molar-refractivity contribution < 1.29 is 19.4 Å². The quantitative estimate of drug-likeness (QED) is 0.370. The van der Waals surface area contributed by atoms with Crippen molar-refractivity contribution >= 4 is 34.0 Å². The van der Waals surface area contributed by atoms with Crippen molar-refractivity contribution in [1.82, 2.24) is 0 Å². The fourth-order valence-electron chi connectivity index (χ4n) is 3.63. The molecule has 0 fully saturated rings. The zero-order chi connectivity index (χ0) is 22.9. The number of nitrogens with one attached hydrogen (secondary N) is 1. The molecular formula is C26H26N2O4. The molecule has 2 N–H and O–H groups in total. The lowest BCUT2D eigenvalue weighted by molar-refractivity contribution is -0.144. The van der Waals surface area contributed by atoms with E-state index >= 15 is 0 Å². The molecule has 0 aliphatic rings. The van der Waals surface area contributed by atoms with Crippen LogP contribution in [-0.2, 0) is 20.7 Å². The number of carbonyl (C=O) groups excluding carboxylic acids is 2. The van der Waals surface area contributed by atoms with E-state index in [1.165, 1.54) is 0 Å². The van der Waals surface area contributed by atoms with Gasteiger partial charge in [-0.05, 0) is 47.7 Å². The summed E-state index contributed by atoms with van der Waals surface area (Å²) in [6, 6.07) is 19.1. The fourth-order valence-corrected chi connectivity index (χ4v) is 3.63. The summed E-state index contributed by atoms with van der Waals surface area (Å²) >= 11 is 0. The molecule has 0 aliphatic carbocycles. The predicted molar refractivity (Wildman–Crippen MR) is 125 cm³/mol. The highest BCUT2D eigenvalue weighted by Crippen LogP contribution is 2.29. The number of nitrogens with zero attached hydrogens (tertiary/aromatic N) is 1. The average Bonchev–Trinajstić information content (AvgIpc) is 2.82. The van der Waals surface area contributed by atoms with Gasteiger partial charge in [0.05, 0.1) is 19.1 Å². The highest BCUT2D eigenvalue weighted by atomic mass is 16.5. The van der Waals surface area contributed by atoms with Gasteiger partial charge in [-0.2, -0.15) is 0 Å². The Hall–Kier alpha value is -3.69. The van der Waals surface area contributed by atoms with Crippen molar-refractivity contribution in [3.63, 3.8) is 0 Å². The normalized spacial score (nSPS) is 11.5. The number of hydrogen-bond acceptors (Lipinski definition) is 4. The number of aliphatic hydroxyl groups excluding tert-OH is 1. The van der Waals surface area contributed by atoms with Gasteiger partial charge in [0.15, 0.2) is 5.69 Å². The van der Waals surface area contributed by atoms with Crippen molar-refractivity contribution in [2.75, 3.05) is 18.5 Å². The van der Waals surface area contributed by atoms with Crippen LogP contribution in [0.2, 0.25) is 0 Å². The van der Waals surface area contributed by atoms with E-state index in [0.29, 0.717) is 24.2 Å². The van der Waals surface area contributed by atoms with Crippen molar-refractivity contribution in [2.45, 2.75) is 32.1 Å². The van der Waals surface area contributed by atoms with E-state index in [4.69, 9.17) is 16.4 Å². The van der Waals surface area contributed by atoms with Crippen LogP contribution in [0.25, 0.3) is 15.6 Å². The van der Waals surface area contributed by atoms with Crippen LogP contribution in [0.4, 0.5) is 11.4 Å². The lowest BCUT2D eigenvalue weighted by atomic mass is 9.94. The Morgan fingerprint density at radius 1 is 1.12 bits per heavy atom. The Labute approximate surface area is 187 Å². The highest BCUT2D eigenvalue weighted by Gasteiger charge is 2.19. The minimum Gasteiger partial charge on any atom is -0.463 e. The molecule has 0 heterocycles. The second kappa shape index (κ2) is 11.1. The Bertz CT molecular complexity index is 1140. The third kappa shape index (κ3) is 5.71. The Kier molecular flexibility index (Phi) is 7.96. The number of carbonyl (C=O) groups is 2. The number of rotatable bonds is 9. The Morgan fingerprint density at radius 2 is 1.91 bits per heavy atom. The summed E-state index contributed by atoms with van der Waals surface area (Å²) in [5.41, 5.74) is 2.81. The number of esters is 1. The standard InChI is InChI=1S/C26H26N2O4/c1-18(22-11-5-8-19-7-3-4-10-23(19)22)26(31)28-24-17-21(27-2)14-13-20(24)9-6-12-25(30)32-16-15-29/h3-5,7-8,10-11,13-14,17-18,29H,6,9,12,15-16H2,1H3,(H,28,31). The number of fused-ring (bicyclic) bond motifs is 1. The summed E-state index contributed by atoms with van der Waals surface area (Å²) in [7, 11) is 0. The van der Waals surface area contributed by atoms with E-state index in [-0.39, 0.29) is 37.4 Å². The highest BCUT2D eigenvalue weighted by molar-refractivity contribution is 6.00. The first-order valence-corrected chi connectivity index (χ1v) is 10.6. The number of anilines is 1. The Balaban J connectivity index is 1.75. The Morgan fingerprint density at radius 3 is 2.69 bits per heavy atom. The van der Waals surface area contributed by atoms with E-state index in [0.717, 1.165) is 21.9 Å². The van der Waals surface area contributed by atoms with Crippen molar-refractivity contribution in [3.05, 3.63) is 83.2 Å². The summed E-state index contributed by atoms with van der Waals surface area (Å²) in [6.07, 6.45) is 1.29. The fraction of sp³-hybridized carbons (Fsp3) is 0.269. The molecule has 6 nitrogen and oxygen atoms in total. The maximum Gasteiger partial charge on any atom is 0.305 e. The monoisotopic (exact) mass is 430 g/mol. The van der Waals surface area contributed by atoms with E-state index in [1.807, 2.05) is 55.5 Å². The number of hydrogen-bond donors (Lipinski definition) is 2. The molecule has 0 saturated heterocycles. The lowest BCUT2D eigenvalue weighted by Crippen LogP contribution is -2.20. The molecule has 0 aromatic heterocycles. The molecule has 0 saturated carbocycles. The van der Waals surface area contributed by atoms with Gasteiger partial charge in [0.2, 0.25) is 5.91 Å². The third-order valence-corrected chi connectivity index (χ3v) is 5.34. The summed E-state index contributed by atoms with van der Waals surface area (Å²) in [6.45, 7) is 8.95. The minimum absolute atomic E-state index is 0.00804. The van der Waals surface area contributed by atoms with Crippen LogP contribution >= 0.6 is 0 Å². The van der Waals surface area contributed by atoms with Gasteiger partial charge in [0.1, 0.15) is 6.61 Å². The zero-order valence-electron chi connectivity index (χ0n) is 18.0. The van der Waals surface area contributed by atoms with Gasteiger partial charge < -0.3 is 15.2 Å². The molecule has 3 aromatic rings. The molecule has 3 rings (SSSR count). The SMILES string of the molecule is [C-]#[N+]c1ccc(CCCC(=O)OCCO)c(NC(=O)C(C)c2cccc3ccccc23)c1. The first-order valence-electron chi connectivity index (χ1n) is 10.6. The molecule has 1 amide bonds. The number of amides is 1. The van der Waals surface area contributed by atoms with Gasteiger partial charge in [-0.3, -0.25) is 9.59 Å².